The second kappa shape index (κ2) is 7.94. The van der Waals surface area contributed by atoms with Crippen LogP contribution in [0.3, 0.4) is 0 Å². The molecule has 1 nitrogen and oxygen atoms in total. The number of hydrogen-bond donors (Lipinski definition) is 1. The molecule has 0 amide bonds. The summed E-state index contributed by atoms with van der Waals surface area (Å²) in [6.45, 7) is 9.41. The highest BCUT2D eigenvalue weighted by Crippen LogP contribution is 2.16. The lowest BCUT2D eigenvalue weighted by Gasteiger charge is -2.17. The van der Waals surface area contributed by atoms with Crippen molar-refractivity contribution < 1.29 is 0 Å². The molecule has 0 spiro atoms. The van der Waals surface area contributed by atoms with E-state index in [1.165, 1.54) is 36.9 Å². The molecule has 1 aromatic rings. The number of hydrogen-bond acceptors (Lipinski definition) is 1. The fourth-order valence-corrected chi connectivity index (χ4v) is 2.20. The fraction of sp³-hybridized carbons (Fsp3) is 0.500. The topological polar surface area (TPSA) is 12.0 Å². The first-order valence-electron chi connectivity index (χ1n) is 6.76. The molecule has 0 bridgehead atoms. The number of anilines is 1. The van der Waals surface area contributed by atoms with Gasteiger partial charge in [0.05, 0.1) is 0 Å². The lowest BCUT2D eigenvalue weighted by Crippen LogP contribution is -2.14. The summed E-state index contributed by atoms with van der Waals surface area (Å²) in [4.78, 5) is 0. The van der Waals surface area contributed by atoms with Gasteiger partial charge in [0.1, 0.15) is 0 Å². The Hall–Kier alpha value is -1.24. The van der Waals surface area contributed by atoms with Gasteiger partial charge in [-0.25, -0.2) is 0 Å². The lowest BCUT2D eigenvalue weighted by molar-refractivity contribution is 0.461. The Morgan fingerprint density at radius 3 is 2.53 bits per heavy atom. The minimum Gasteiger partial charge on any atom is -0.385 e. The maximum Gasteiger partial charge on any atom is 0.0346 e. The lowest BCUT2D eigenvalue weighted by atomic mass is 9.98. The average molecular weight is 231 g/mol. The third-order valence-electron chi connectivity index (χ3n) is 3.11. The molecular formula is C16H25N. The Labute approximate surface area is 106 Å². The zero-order valence-corrected chi connectivity index (χ0v) is 11.2. The predicted octanol–water partition coefficient (Wildman–Crippen LogP) is 4.96. The molecule has 0 unspecified atom stereocenters. The monoisotopic (exact) mass is 231 g/mol. The maximum atomic E-state index is 3.80. The van der Waals surface area contributed by atoms with Gasteiger partial charge in [-0.15, -0.1) is 0 Å². The number of nitrogens with one attached hydrogen (secondary N) is 1. The third kappa shape index (κ3) is 5.08. The van der Waals surface area contributed by atoms with Crippen LogP contribution < -0.4 is 5.32 Å². The molecule has 1 rings (SSSR count). The number of rotatable bonds is 8. The molecule has 0 radical (unpaired) electrons. The molecule has 0 aliphatic heterocycles. The Morgan fingerprint density at radius 2 is 1.94 bits per heavy atom. The van der Waals surface area contributed by atoms with Gasteiger partial charge in [-0.2, -0.15) is 0 Å². The molecule has 0 atom stereocenters. The first-order valence-corrected chi connectivity index (χ1v) is 6.76. The molecule has 0 saturated carbocycles. The molecule has 0 aliphatic carbocycles. The standard InChI is InChI=1S/C16H25N/c1-4-8-15(9-5-2)13-17-16-11-7-10-14(6-3)12-16/h6-7,10-12,15,17H,3-5,8-9,13H2,1-2H3. The predicted molar refractivity (Wildman–Crippen MR) is 78.3 cm³/mol. The van der Waals surface area contributed by atoms with Crippen LogP contribution in [0.25, 0.3) is 6.08 Å². The van der Waals surface area contributed by atoms with Crippen LogP contribution in [-0.4, -0.2) is 6.54 Å². The minimum absolute atomic E-state index is 0.803. The van der Waals surface area contributed by atoms with Crippen molar-refractivity contribution in [1.82, 2.24) is 0 Å². The van der Waals surface area contributed by atoms with Crippen LogP contribution in [-0.2, 0) is 0 Å². The highest BCUT2D eigenvalue weighted by molar-refractivity contribution is 5.55. The van der Waals surface area contributed by atoms with Gasteiger partial charge in [0.2, 0.25) is 0 Å². The third-order valence-corrected chi connectivity index (χ3v) is 3.11. The van der Waals surface area contributed by atoms with Crippen molar-refractivity contribution in [2.45, 2.75) is 39.5 Å². The van der Waals surface area contributed by atoms with E-state index >= 15 is 0 Å². The quantitative estimate of drug-likeness (QED) is 0.667. The van der Waals surface area contributed by atoms with Gasteiger partial charge in [-0.1, -0.05) is 51.5 Å². The van der Waals surface area contributed by atoms with Gasteiger partial charge in [0, 0.05) is 12.2 Å². The summed E-state index contributed by atoms with van der Waals surface area (Å²) in [5.41, 5.74) is 2.39. The molecule has 1 N–H and O–H groups in total. The van der Waals surface area contributed by atoms with Crippen LogP contribution >= 0.6 is 0 Å². The summed E-state index contributed by atoms with van der Waals surface area (Å²) in [5.74, 6) is 0.803. The van der Waals surface area contributed by atoms with E-state index in [-0.39, 0.29) is 0 Å². The number of benzene rings is 1. The van der Waals surface area contributed by atoms with Gasteiger partial charge >= 0.3 is 0 Å². The second-order valence-corrected chi connectivity index (χ2v) is 4.65. The molecule has 94 valence electrons. The summed E-state index contributed by atoms with van der Waals surface area (Å²) in [5, 5.41) is 3.54. The normalized spacial score (nSPS) is 10.5. The molecule has 17 heavy (non-hydrogen) atoms. The zero-order valence-electron chi connectivity index (χ0n) is 11.2. The van der Waals surface area contributed by atoms with Crippen molar-refractivity contribution in [2.24, 2.45) is 5.92 Å². The van der Waals surface area contributed by atoms with Crippen LogP contribution in [0.4, 0.5) is 5.69 Å². The highest BCUT2D eigenvalue weighted by Gasteiger charge is 2.06. The molecule has 0 aliphatic rings. The van der Waals surface area contributed by atoms with Crippen molar-refractivity contribution in [2.75, 3.05) is 11.9 Å². The van der Waals surface area contributed by atoms with E-state index in [0.29, 0.717) is 0 Å². The Kier molecular flexibility index (Phi) is 6.46. The molecule has 1 aromatic carbocycles. The minimum atomic E-state index is 0.803. The summed E-state index contributed by atoms with van der Waals surface area (Å²) in [6.07, 6.45) is 7.09. The van der Waals surface area contributed by atoms with Crippen LogP contribution in [0.15, 0.2) is 30.8 Å². The second-order valence-electron chi connectivity index (χ2n) is 4.65. The smallest absolute Gasteiger partial charge is 0.0346 e. The van der Waals surface area contributed by atoms with Crippen LogP contribution in [0.2, 0.25) is 0 Å². The Morgan fingerprint density at radius 1 is 1.24 bits per heavy atom. The van der Waals surface area contributed by atoms with E-state index in [9.17, 15) is 0 Å². The van der Waals surface area contributed by atoms with Crippen molar-refractivity contribution in [3.8, 4) is 0 Å². The molecule has 0 aromatic heterocycles. The van der Waals surface area contributed by atoms with E-state index in [2.05, 4.69) is 50.0 Å². The largest absolute Gasteiger partial charge is 0.385 e. The van der Waals surface area contributed by atoms with Crippen molar-refractivity contribution >= 4 is 11.8 Å². The maximum absolute atomic E-state index is 3.80. The van der Waals surface area contributed by atoms with Crippen LogP contribution in [0.5, 0.6) is 0 Å². The molecule has 1 heteroatoms. The van der Waals surface area contributed by atoms with Crippen molar-refractivity contribution in [3.63, 3.8) is 0 Å². The van der Waals surface area contributed by atoms with Gasteiger partial charge in [-0.3, -0.25) is 0 Å². The molecule has 0 fully saturated rings. The zero-order chi connectivity index (χ0) is 12.5. The van der Waals surface area contributed by atoms with Crippen molar-refractivity contribution in [3.05, 3.63) is 36.4 Å². The Bertz CT molecular complexity index is 324. The van der Waals surface area contributed by atoms with E-state index < -0.39 is 0 Å². The van der Waals surface area contributed by atoms with Gasteiger partial charge in [0.15, 0.2) is 0 Å². The van der Waals surface area contributed by atoms with Gasteiger partial charge in [-0.05, 0) is 36.5 Å². The first-order chi connectivity index (χ1) is 8.30. The van der Waals surface area contributed by atoms with Gasteiger partial charge in [0.25, 0.3) is 0 Å². The molecule has 0 heterocycles. The SMILES string of the molecule is C=Cc1cccc(NCC(CCC)CCC)c1. The van der Waals surface area contributed by atoms with E-state index in [0.717, 1.165) is 12.5 Å². The molecule has 0 saturated heterocycles. The van der Waals surface area contributed by atoms with Crippen molar-refractivity contribution in [1.29, 1.82) is 0 Å². The van der Waals surface area contributed by atoms with Crippen LogP contribution in [0.1, 0.15) is 45.1 Å². The summed E-state index contributed by atoms with van der Waals surface area (Å²) in [6, 6.07) is 8.44. The summed E-state index contributed by atoms with van der Waals surface area (Å²) >= 11 is 0. The Balaban J connectivity index is 2.49. The molecular weight excluding hydrogens is 206 g/mol. The first kappa shape index (κ1) is 13.8. The van der Waals surface area contributed by atoms with Crippen LogP contribution in [0, 0.1) is 5.92 Å². The van der Waals surface area contributed by atoms with E-state index in [1.54, 1.807) is 0 Å². The average Bonchev–Trinajstić information content (AvgIpc) is 2.37. The summed E-state index contributed by atoms with van der Waals surface area (Å²) in [7, 11) is 0. The highest BCUT2D eigenvalue weighted by atomic mass is 14.9. The van der Waals surface area contributed by atoms with E-state index in [1.807, 2.05) is 6.08 Å². The van der Waals surface area contributed by atoms with E-state index in [4.69, 9.17) is 0 Å². The fourth-order valence-electron chi connectivity index (χ4n) is 2.20. The summed E-state index contributed by atoms with van der Waals surface area (Å²) < 4.78 is 0. The van der Waals surface area contributed by atoms with Gasteiger partial charge < -0.3 is 5.32 Å².